The third-order valence-electron chi connectivity index (χ3n) is 2.86. The van der Waals surface area contributed by atoms with Gasteiger partial charge in [-0.3, -0.25) is 0 Å². The Hall–Kier alpha value is -1.46. The molecule has 106 valence electrons. The summed E-state index contributed by atoms with van der Waals surface area (Å²) < 4.78 is 32.9. The van der Waals surface area contributed by atoms with Crippen molar-refractivity contribution in [3.63, 3.8) is 0 Å². The molecular weight excluding hydrogens is 330 g/mol. The number of aliphatic hydroxyl groups is 1. The van der Waals surface area contributed by atoms with Crippen LogP contribution in [-0.4, -0.2) is 5.11 Å². The number of aryl methyl sites for hydroxylation is 1. The fraction of sp³-hybridized carbons (Fsp3) is 0.200. The summed E-state index contributed by atoms with van der Waals surface area (Å²) in [4.78, 5) is 0. The van der Waals surface area contributed by atoms with E-state index in [1.54, 1.807) is 13.0 Å². The smallest absolute Gasteiger partial charge is 0.141 e. The number of halogens is 3. The first-order chi connectivity index (χ1) is 9.38. The van der Waals surface area contributed by atoms with Gasteiger partial charge in [0.25, 0.3) is 0 Å². The molecule has 0 aromatic heterocycles. The average Bonchev–Trinajstić information content (AvgIpc) is 2.37. The van der Waals surface area contributed by atoms with Crippen LogP contribution in [0.2, 0.25) is 0 Å². The van der Waals surface area contributed by atoms with E-state index < -0.39 is 17.7 Å². The van der Waals surface area contributed by atoms with Crippen molar-refractivity contribution in [1.29, 1.82) is 0 Å². The topological polar surface area (TPSA) is 29.5 Å². The number of ether oxygens (including phenoxy) is 1. The molecule has 2 aromatic rings. The van der Waals surface area contributed by atoms with Gasteiger partial charge < -0.3 is 9.84 Å². The second-order valence-corrected chi connectivity index (χ2v) is 5.35. The van der Waals surface area contributed by atoms with Gasteiger partial charge in [0.2, 0.25) is 0 Å². The SMILES string of the molecule is Cc1cc(Oc2ccc(Br)c(F)c2)c([C@@H](C)O)cc1F. The van der Waals surface area contributed by atoms with Gasteiger partial charge in [0, 0.05) is 11.6 Å². The van der Waals surface area contributed by atoms with Crippen molar-refractivity contribution in [3.8, 4) is 11.5 Å². The fourth-order valence-corrected chi connectivity index (χ4v) is 2.00. The van der Waals surface area contributed by atoms with Crippen LogP contribution in [0.1, 0.15) is 24.2 Å². The molecule has 0 bridgehead atoms. The Morgan fingerprint density at radius 2 is 1.85 bits per heavy atom. The molecule has 0 radical (unpaired) electrons. The third kappa shape index (κ3) is 3.16. The zero-order valence-electron chi connectivity index (χ0n) is 11.0. The third-order valence-corrected chi connectivity index (χ3v) is 3.50. The molecule has 20 heavy (non-hydrogen) atoms. The van der Waals surface area contributed by atoms with Crippen molar-refractivity contribution in [2.75, 3.05) is 0 Å². The predicted octanol–water partition coefficient (Wildman–Crippen LogP) is 4.88. The van der Waals surface area contributed by atoms with Crippen LogP contribution >= 0.6 is 15.9 Å². The number of aliphatic hydroxyl groups excluding tert-OH is 1. The number of benzene rings is 2. The number of hydrogen-bond donors (Lipinski definition) is 1. The van der Waals surface area contributed by atoms with Gasteiger partial charge in [0.05, 0.1) is 10.6 Å². The van der Waals surface area contributed by atoms with Gasteiger partial charge in [-0.2, -0.15) is 0 Å². The maximum atomic E-state index is 13.5. The van der Waals surface area contributed by atoms with E-state index in [4.69, 9.17) is 4.74 Å². The summed E-state index contributed by atoms with van der Waals surface area (Å²) in [5.41, 5.74) is 0.707. The molecule has 2 rings (SSSR count). The largest absolute Gasteiger partial charge is 0.457 e. The monoisotopic (exact) mass is 342 g/mol. The van der Waals surface area contributed by atoms with Gasteiger partial charge in [-0.1, -0.05) is 0 Å². The standard InChI is InChI=1S/C15H13BrF2O2/c1-8-5-15(11(9(2)19)7-13(8)17)20-10-3-4-12(16)14(18)6-10/h3-7,9,19H,1-2H3/t9-/m1/s1. The first-order valence-corrected chi connectivity index (χ1v) is 6.79. The quantitative estimate of drug-likeness (QED) is 0.861. The van der Waals surface area contributed by atoms with E-state index in [2.05, 4.69) is 15.9 Å². The van der Waals surface area contributed by atoms with Crippen molar-refractivity contribution in [3.05, 3.63) is 57.6 Å². The first-order valence-electron chi connectivity index (χ1n) is 5.99. The molecule has 0 aliphatic rings. The Bertz CT molecular complexity index is 642. The Morgan fingerprint density at radius 1 is 1.15 bits per heavy atom. The molecule has 0 aliphatic carbocycles. The molecule has 5 heteroatoms. The molecule has 0 spiro atoms. The minimum Gasteiger partial charge on any atom is -0.457 e. The lowest BCUT2D eigenvalue weighted by molar-refractivity contribution is 0.195. The van der Waals surface area contributed by atoms with Crippen LogP contribution in [0.4, 0.5) is 8.78 Å². The summed E-state index contributed by atoms with van der Waals surface area (Å²) in [6.45, 7) is 3.11. The summed E-state index contributed by atoms with van der Waals surface area (Å²) >= 11 is 3.05. The highest BCUT2D eigenvalue weighted by atomic mass is 79.9. The molecule has 0 amide bonds. The highest BCUT2D eigenvalue weighted by Gasteiger charge is 2.14. The van der Waals surface area contributed by atoms with Crippen molar-refractivity contribution < 1.29 is 18.6 Å². The van der Waals surface area contributed by atoms with Crippen LogP contribution in [0.3, 0.4) is 0 Å². The van der Waals surface area contributed by atoms with Gasteiger partial charge in [0.1, 0.15) is 23.1 Å². The highest BCUT2D eigenvalue weighted by molar-refractivity contribution is 9.10. The summed E-state index contributed by atoms with van der Waals surface area (Å²) in [5, 5.41) is 9.67. The Labute approximate surface area is 124 Å². The molecule has 1 atom stereocenters. The fourth-order valence-electron chi connectivity index (χ4n) is 1.75. The molecule has 0 saturated heterocycles. The predicted molar refractivity (Wildman–Crippen MR) is 75.9 cm³/mol. The lowest BCUT2D eigenvalue weighted by Crippen LogP contribution is -1.99. The van der Waals surface area contributed by atoms with Crippen molar-refractivity contribution in [1.82, 2.24) is 0 Å². The van der Waals surface area contributed by atoms with Crippen LogP contribution < -0.4 is 4.74 Å². The van der Waals surface area contributed by atoms with Gasteiger partial charge >= 0.3 is 0 Å². The zero-order valence-corrected chi connectivity index (χ0v) is 12.5. The minimum absolute atomic E-state index is 0.276. The number of hydrogen-bond acceptors (Lipinski definition) is 2. The van der Waals surface area contributed by atoms with Gasteiger partial charge in [0.15, 0.2) is 0 Å². The summed E-state index contributed by atoms with van der Waals surface area (Å²) in [7, 11) is 0. The van der Waals surface area contributed by atoms with Crippen molar-refractivity contribution in [2.45, 2.75) is 20.0 Å². The molecule has 1 N–H and O–H groups in total. The zero-order chi connectivity index (χ0) is 14.9. The van der Waals surface area contributed by atoms with E-state index in [9.17, 15) is 13.9 Å². The van der Waals surface area contributed by atoms with E-state index in [0.717, 1.165) is 0 Å². The average molecular weight is 343 g/mol. The normalized spacial score (nSPS) is 12.3. The first kappa shape index (κ1) is 14.9. The van der Waals surface area contributed by atoms with E-state index in [1.807, 2.05) is 0 Å². The Morgan fingerprint density at radius 3 is 2.45 bits per heavy atom. The molecule has 0 heterocycles. The lowest BCUT2D eigenvalue weighted by Gasteiger charge is -2.15. The van der Waals surface area contributed by atoms with Gasteiger partial charge in [-0.25, -0.2) is 8.78 Å². The Kier molecular flexibility index (Phi) is 4.40. The van der Waals surface area contributed by atoms with Gasteiger partial charge in [-0.15, -0.1) is 0 Å². The second kappa shape index (κ2) is 5.89. The van der Waals surface area contributed by atoms with E-state index in [1.165, 1.54) is 31.2 Å². The minimum atomic E-state index is -0.889. The molecule has 0 aliphatic heterocycles. The van der Waals surface area contributed by atoms with Crippen LogP contribution in [-0.2, 0) is 0 Å². The summed E-state index contributed by atoms with van der Waals surface area (Å²) in [5.74, 6) is -0.297. The summed E-state index contributed by atoms with van der Waals surface area (Å²) in [6.07, 6.45) is -0.889. The second-order valence-electron chi connectivity index (χ2n) is 4.49. The van der Waals surface area contributed by atoms with E-state index >= 15 is 0 Å². The van der Waals surface area contributed by atoms with Crippen molar-refractivity contribution >= 4 is 15.9 Å². The molecule has 0 unspecified atom stereocenters. The molecule has 0 saturated carbocycles. The molecule has 2 nitrogen and oxygen atoms in total. The maximum Gasteiger partial charge on any atom is 0.141 e. The van der Waals surface area contributed by atoms with E-state index in [0.29, 0.717) is 21.3 Å². The van der Waals surface area contributed by atoms with Crippen molar-refractivity contribution in [2.24, 2.45) is 0 Å². The van der Waals surface area contributed by atoms with Crippen LogP contribution in [0.25, 0.3) is 0 Å². The lowest BCUT2D eigenvalue weighted by atomic mass is 10.1. The van der Waals surface area contributed by atoms with Crippen LogP contribution in [0.5, 0.6) is 11.5 Å². The van der Waals surface area contributed by atoms with Crippen LogP contribution in [0, 0.1) is 18.6 Å². The van der Waals surface area contributed by atoms with E-state index in [-0.39, 0.29) is 5.75 Å². The highest BCUT2D eigenvalue weighted by Crippen LogP contribution is 2.33. The molecule has 2 aromatic carbocycles. The summed E-state index contributed by atoms with van der Waals surface area (Å²) in [6, 6.07) is 7.03. The van der Waals surface area contributed by atoms with Gasteiger partial charge in [-0.05, 0) is 59.6 Å². The number of rotatable bonds is 3. The maximum absolute atomic E-state index is 13.5. The molecule has 0 fully saturated rings. The Balaban J connectivity index is 2.41. The van der Waals surface area contributed by atoms with Crippen LogP contribution in [0.15, 0.2) is 34.8 Å². The molecular formula is C15H13BrF2O2.